The molecular formula is C8H14BrClN4O3S. The second kappa shape index (κ2) is 7.39. The zero-order valence-corrected chi connectivity index (χ0v) is 12.9. The van der Waals surface area contributed by atoms with Gasteiger partial charge < -0.3 is 4.74 Å². The molecule has 0 aromatic carbocycles. The first-order valence-corrected chi connectivity index (χ1v) is 7.98. The maximum Gasteiger partial charge on any atom is 0.260 e. The van der Waals surface area contributed by atoms with E-state index in [1.807, 2.05) is 0 Å². The number of hydrogen-bond donors (Lipinski definition) is 1. The number of nitrogens with one attached hydrogen (secondary N) is 1. The minimum absolute atomic E-state index is 0.00387. The van der Waals surface area contributed by atoms with Crippen molar-refractivity contribution >= 4 is 37.6 Å². The molecule has 1 heterocycles. The number of sulfonamides is 1. The average molecular weight is 362 g/mol. The first-order valence-electron chi connectivity index (χ1n) is 5.17. The summed E-state index contributed by atoms with van der Waals surface area (Å²) in [7, 11) is -2.10. The molecule has 1 rings (SSSR count). The van der Waals surface area contributed by atoms with E-state index in [2.05, 4.69) is 31.0 Å². The minimum Gasteiger partial charge on any atom is -0.380 e. The Bertz CT molecular complexity index is 459. The van der Waals surface area contributed by atoms with Crippen molar-refractivity contribution in [3.63, 3.8) is 0 Å². The first kappa shape index (κ1) is 15.8. The van der Waals surface area contributed by atoms with Crippen LogP contribution in [0.2, 0.25) is 0 Å². The number of halogens is 2. The molecule has 7 nitrogen and oxygen atoms in total. The Hall–Kier alpha value is -0.220. The number of hydrogen-bond acceptors (Lipinski definition) is 5. The summed E-state index contributed by atoms with van der Waals surface area (Å²) >= 11 is 8.47. The smallest absolute Gasteiger partial charge is 0.260 e. The highest BCUT2D eigenvalue weighted by Crippen LogP contribution is 2.17. The normalized spacial score (nSPS) is 11.9. The van der Waals surface area contributed by atoms with Crippen LogP contribution in [0.4, 0.5) is 0 Å². The molecule has 1 aromatic rings. The lowest BCUT2D eigenvalue weighted by Crippen LogP contribution is -2.27. The van der Waals surface area contributed by atoms with Gasteiger partial charge in [0.25, 0.3) is 10.0 Å². The van der Waals surface area contributed by atoms with Gasteiger partial charge in [-0.25, -0.2) is 17.8 Å². The Labute approximate surface area is 119 Å². The number of aromatic nitrogens is 3. The van der Waals surface area contributed by atoms with Crippen LogP contribution in [-0.2, 0) is 21.8 Å². The van der Waals surface area contributed by atoms with Gasteiger partial charge in [0.1, 0.15) is 0 Å². The zero-order valence-electron chi connectivity index (χ0n) is 9.77. The quantitative estimate of drug-likeness (QED) is 0.538. The average Bonchev–Trinajstić information content (AvgIpc) is 2.64. The first-order chi connectivity index (χ1) is 8.49. The zero-order chi connectivity index (χ0) is 13.6. The molecule has 18 heavy (non-hydrogen) atoms. The highest BCUT2D eigenvalue weighted by molar-refractivity contribution is 9.10. The van der Waals surface area contributed by atoms with Crippen LogP contribution < -0.4 is 4.72 Å². The van der Waals surface area contributed by atoms with E-state index in [-0.39, 0.29) is 16.2 Å². The van der Waals surface area contributed by atoms with E-state index >= 15 is 0 Å². The van der Waals surface area contributed by atoms with E-state index in [0.717, 1.165) is 0 Å². The molecule has 0 spiro atoms. The number of aryl methyl sites for hydroxylation is 1. The van der Waals surface area contributed by atoms with Crippen LogP contribution in [0.15, 0.2) is 9.63 Å². The molecule has 0 saturated carbocycles. The molecule has 104 valence electrons. The summed E-state index contributed by atoms with van der Waals surface area (Å²) in [6, 6.07) is 0. The Morgan fingerprint density at radius 1 is 1.50 bits per heavy atom. The van der Waals surface area contributed by atoms with E-state index in [0.29, 0.717) is 25.5 Å². The maximum absolute atomic E-state index is 11.9. The third-order valence-corrected chi connectivity index (χ3v) is 4.47. The van der Waals surface area contributed by atoms with Crippen molar-refractivity contribution in [3.05, 3.63) is 4.60 Å². The Balaban J connectivity index is 2.46. The Morgan fingerprint density at radius 3 is 2.78 bits per heavy atom. The summed E-state index contributed by atoms with van der Waals surface area (Å²) in [6.45, 7) is 1.20. The molecule has 0 aliphatic heterocycles. The predicted molar refractivity (Wildman–Crippen MR) is 70.0 cm³/mol. The van der Waals surface area contributed by atoms with Crippen LogP contribution in [0.25, 0.3) is 0 Å². The van der Waals surface area contributed by atoms with Crippen LogP contribution in [0, 0.1) is 0 Å². The standard InChI is InChI=1S/C8H14BrClN4O3S/c1-14-8(7(9)12-13-14)18(15,16)11-4-2-5-17-6-3-10/h11H,2-6H2,1H3. The second-order valence-electron chi connectivity index (χ2n) is 3.36. The van der Waals surface area contributed by atoms with Gasteiger partial charge in [0.15, 0.2) is 4.60 Å². The summed E-state index contributed by atoms with van der Waals surface area (Å²) in [5.41, 5.74) is 0. The van der Waals surface area contributed by atoms with Gasteiger partial charge in [-0.15, -0.1) is 16.7 Å². The predicted octanol–water partition coefficient (Wildman–Crippen LogP) is 0.501. The highest BCUT2D eigenvalue weighted by Gasteiger charge is 2.22. The van der Waals surface area contributed by atoms with E-state index in [1.54, 1.807) is 0 Å². The minimum atomic E-state index is -3.61. The molecule has 1 N–H and O–H groups in total. The van der Waals surface area contributed by atoms with Crippen LogP contribution in [0.3, 0.4) is 0 Å². The van der Waals surface area contributed by atoms with Crippen LogP contribution in [0.5, 0.6) is 0 Å². The molecule has 1 aromatic heterocycles. The summed E-state index contributed by atoms with van der Waals surface area (Å²) in [5.74, 6) is 0.430. The lowest BCUT2D eigenvalue weighted by atomic mass is 10.5. The van der Waals surface area contributed by atoms with Crippen LogP contribution in [-0.4, -0.2) is 49.1 Å². The fraction of sp³-hybridized carbons (Fsp3) is 0.750. The number of alkyl halides is 1. The molecule has 0 bridgehead atoms. The summed E-state index contributed by atoms with van der Waals surface area (Å²) in [6.07, 6.45) is 0.568. The molecule has 0 fully saturated rings. The van der Waals surface area contributed by atoms with Crippen molar-refractivity contribution in [2.75, 3.05) is 25.6 Å². The van der Waals surface area contributed by atoms with Crippen molar-refractivity contribution in [1.82, 2.24) is 19.7 Å². The van der Waals surface area contributed by atoms with Gasteiger partial charge >= 0.3 is 0 Å². The van der Waals surface area contributed by atoms with Gasteiger partial charge in [-0.05, 0) is 22.4 Å². The molecule has 0 amide bonds. The van der Waals surface area contributed by atoms with Crippen LogP contribution in [0.1, 0.15) is 6.42 Å². The number of nitrogens with zero attached hydrogens (tertiary/aromatic N) is 3. The molecule has 0 unspecified atom stereocenters. The molecule has 0 radical (unpaired) electrons. The number of ether oxygens (including phenoxy) is 1. The summed E-state index contributed by atoms with van der Waals surface area (Å²) in [5, 5.41) is 7.24. The third kappa shape index (κ3) is 4.47. The van der Waals surface area contributed by atoms with E-state index in [1.165, 1.54) is 11.7 Å². The van der Waals surface area contributed by atoms with Crippen molar-refractivity contribution in [2.24, 2.45) is 7.05 Å². The van der Waals surface area contributed by atoms with Crippen molar-refractivity contribution < 1.29 is 13.2 Å². The largest absolute Gasteiger partial charge is 0.380 e. The van der Waals surface area contributed by atoms with E-state index < -0.39 is 10.0 Å². The maximum atomic E-state index is 11.9. The van der Waals surface area contributed by atoms with Gasteiger partial charge in [0.05, 0.1) is 6.61 Å². The lowest BCUT2D eigenvalue weighted by molar-refractivity contribution is 0.147. The number of rotatable bonds is 8. The lowest BCUT2D eigenvalue weighted by Gasteiger charge is -2.06. The summed E-state index contributed by atoms with van der Waals surface area (Å²) in [4.78, 5) is 0. The van der Waals surface area contributed by atoms with Crippen molar-refractivity contribution in [3.8, 4) is 0 Å². The van der Waals surface area contributed by atoms with Crippen molar-refractivity contribution in [2.45, 2.75) is 11.4 Å². The van der Waals surface area contributed by atoms with E-state index in [9.17, 15) is 8.42 Å². The van der Waals surface area contributed by atoms with Gasteiger partial charge in [-0.1, -0.05) is 5.21 Å². The van der Waals surface area contributed by atoms with Gasteiger partial charge in [0.2, 0.25) is 5.03 Å². The Kier molecular flexibility index (Phi) is 6.50. The second-order valence-corrected chi connectivity index (χ2v) is 6.17. The van der Waals surface area contributed by atoms with Crippen LogP contribution >= 0.6 is 27.5 Å². The summed E-state index contributed by atoms with van der Waals surface area (Å²) < 4.78 is 32.8. The Morgan fingerprint density at radius 2 is 2.22 bits per heavy atom. The third-order valence-electron chi connectivity index (χ3n) is 1.97. The molecule has 0 aliphatic carbocycles. The van der Waals surface area contributed by atoms with Gasteiger partial charge in [-0.3, -0.25) is 0 Å². The monoisotopic (exact) mass is 360 g/mol. The molecule has 0 aliphatic rings. The molecule has 10 heteroatoms. The topological polar surface area (TPSA) is 86.1 Å². The van der Waals surface area contributed by atoms with E-state index in [4.69, 9.17) is 16.3 Å². The fourth-order valence-electron chi connectivity index (χ4n) is 1.21. The molecule has 0 saturated heterocycles. The molecule has 0 atom stereocenters. The molecular weight excluding hydrogens is 348 g/mol. The van der Waals surface area contributed by atoms with Gasteiger partial charge in [-0.2, -0.15) is 0 Å². The van der Waals surface area contributed by atoms with Gasteiger partial charge in [0, 0.05) is 26.1 Å². The SMILES string of the molecule is Cn1nnc(Br)c1S(=O)(=O)NCCCOCCCl. The fourth-order valence-corrected chi connectivity index (χ4v) is 3.49. The van der Waals surface area contributed by atoms with Crippen molar-refractivity contribution in [1.29, 1.82) is 0 Å². The highest BCUT2D eigenvalue weighted by atomic mass is 79.9.